The van der Waals surface area contributed by atoms with Gasteiger partial charge in [-0.15, -0.1) is 0 Å². The maximum absolute atomic E-state index is 15.9. The molecule has 4 aromatic carbocycles. The second-order valence-electron chi connectivity index (χ2n) is 15.5. The van der Waals surface area contributed by atoms with Crippen molar-refractivity contribution in [2.45, 2.75) is 88.7 Å². The molecule has 9 nitrogen and oxygen atoms in total. The molecule has 0 aromatic heterocycles. The molecule has 1 saturated heterocycles. The smallest absolute Gasteiger partial charge is 0.306 e. The summed E-state index contributed by atoms with van der Waals surface area (Å²) in [6, 6.07) is 27.0. The Bertz CT molecular complexity index is 1900. The number of benzene rings is 4. The minimum absolute atomic E-state index is 0.0705. The lowest BCUT2D eigenvalue weighted by Crippen LogP contribution is -2.50. The third-order valence-electron chi connectivity index (χ3n) is 10.9. The zero-order chi connectivity index (χ0) is 40.8. The number of rotatable bonds is 15. The fourth-order valence-electron chi connectivity index (χ4n) is 6.63. The summed E-state index contributed by atoms with van der Waals surface area (Å²) in [5.74, 6) is -1.20. The standard InChI is InChI=1S/C44H53F2NO8Si/c1-28-25-34(36(46)26-35(28)45)40-42(55-56(8,9)43(2,3)4)41(54-39(49)24-23-38(48)47-5)37(53-40)27-52-44(29-13-11-10-12-14-29,30-15-19-32(50-6)20-16-30)31-17-21-33(51-7)22-18-31/h10-22,25-26,37,40-42H,23-24,27H2,1-9H3,(H,47,48)/t37-,40+,41?,42-/m1/s1. The molecule has 0 bridgehead atoms. The van der Waals surface area contributed by atoms with Gasteiger partial charge in [0.05, 0.1) is 27.2 Å². The molecule has 1 unspecified atom stereocenters. The van der Waals surface area contributed by atoms with Crippen LogP contribution in [-0.4, -0.2) is 66.4 Å². The van der Waals surface area contributed by atoms with Gasteiger partial charge in [0, 0.05) is 25.1 Å². The molecule has 0 spiro atoms. The van der Waals surface area contributed by atoms with Gasteiger partial charge in [0.25, 0.3) is 0 Å². The number of hydrogen-bond donors (Lipinski definition) is 1. The Morgan fingerprint density at radius 3 is 1.86 bits per heavy atom. The Hall–Kier alpha value is -4.62. The van der Waals surface area contributed by atoms with Crippen LogP contribution in [0.4, 0.5) is 8.78 Å². The predicted octanol–water partition coefficient (Wildman–Crippen LogP) is 8.57. The van der Waals surface area contributed by atoms with E-state index in [1.54, 1.807) is 21.1 Å². The monoisotopic (exact) mass is 789 g/mol. The zero-order valence-electron chi connectivity index (χ0n) is 33.6. The summed E-state index contributed by atoms with van der Waals surface area (Å²) < 4.78 is 68.7. The normalized spacial score (nSPS) is 18.7. The first-order chi connectivity index (χ1) is 26.5. The Balaban J connectivity index is 1.67. The molecule has 0 saturated carbocycles. The number of methoxy groups -OCH3 is 2. The van der Waals surface area contributed by atoms with Crippen molar-refractivity contribution in [3.05, 3.63) is 130 Å². The summed E-state index contributed by atoms with van der Waals surface area (Å²) in [5.41, 5.74) is 1.34. The van der Waals surface area contributed by atoms with Crippen molar-refractivity contribution in [2.24, 2.45) is 0 Å². The van der Waals surface area contributed by atoms with E-state index >= 15 is 4.39 Å². The molecule has 0 radical (unpaired) electrons. The second-order valence-corrected chi connectivity index (χ2v) is 20.3. The van der Waals surface area contributed by atoms with Crippen LogP contribution >= 0.6 is 0 Å². The highest BCUT2D eigenvalue weighted by atomic mass is 28.4. The molecular formula is C44H53F2NO8Si. The van der Waals surface area contributed by atoms with Crippen molar-refractivity contribution >= 4 is 20.2 Å². The zero-order valence-corrected chi connectivity index (χ0v) is 34.6. The molecule has 1 N–H and O–H groups in total. The molecule has 1 heterocycles. The van der Waals surface area contributed by atoms with Crippen molar-refractivity contribution in [1.82, 2.24) is 5.32 Å². The largest absolute Gasteiger partial charge is 0.497 e. The summed E-state index contributed by atoms with van der Waals surface area (Å²) >= 11 is 0. The first-order valence-electron chi connectivity index (χ1n) is 18.7. The molecule has 300 valence electrons. The summed E-state index contributed by atoms with van der Waals surface area (Å²) in [5, 5.41) is 2.22. The van der Waals surface area contributed by atoms with Gasteiger partial charge in [0.2, 0.25) is 5.91 Å². The molecular weight excluding hydrogens is 737 g/mol. The maximum Gasteiger partial charge on any atom is 0.306 e. The number of halogens is 2. The van der Waals surface area contributed by atoms with E-state index < -0.39 is 55.9 Å². The number of nitrogens with one attached hydrogen (secondary N) is 1. The van der Waals surface area contributed by atoms with Gasteiger partial charge >= 0.3 is 5.97 Å². The van der Waals surface area contributed by atoms with Gasteiger partial charge in [0.15, 0.2) is 14.4 Å². The van der Waals surface area contributed by atoms with Crippen molar-refractivity contribution in [1.29, 1.82) is 0 Å². The average molecular weight is 790 g/mol. The quantitative estimate of drug-likeness (QED) is 0.0727. The first-order valence-corrected chi connectivity index (χ1v) is 21.6. The molecule has 1 aliphatic rings. The Morgan fingerprint density at radius 1 is 0.786 bits per heavy atom. The topological polar surface area (TPSA) is 102 Å². The molecule has 56 heavy (non-hydrogen) atoms. The lowest BCUT2D eigenvalue weighted by atomic mass is 9.80. The molecule has 12 heteroatoms. The SMILES string of the molecule is CNC(=O)CCC(=O)OC1[C@@H](COC(c2ccccc2)(c2ccc(OC)cc2)c2ccc(OC)cc2)O[C@@H](c2cc(C)c(F)cc2F)[C@H]1O[Si](C)(C)C(C)(C)C. The number of aryl methyl sites for hydroxylation is 1. The van der Waals surface area contributed by atoms with Crippen LogP contribution in [0.15, 0.2) is 91.0 Å². The van der Waals surface area contributed by atoms with Gasteiger partial charge in [-0.3, -0.25) is 9.59 Å². The van der Waals surface area contributed by atoms with Crippen molar-refractivity contribution in [3.8, 4) is 11.5 Å². The number of carbonyl (C=O) groups excluding carboxylic acids is 2. The Labute approximate surface area is 329 Å². The average Bonchev–Trinajstić information content (AvgIpc) is 3.50. The van der Waals surface area contributed by atoms with E-state index in [0.717, 1.165) is 22.8 Å². The highest BCUT2D eigenvalue weighted by Gasteiger charge is 2.54. The fraction of sp³-hybridized carbons (Fsp3) is 0.409. The van der Waals surface area contributed by atoms with Crippen molar-refractivity contribution in [3.63, 3.8) is 0 Å². The van der Waals surface area contributed by atoms with Crippen LogP contribution in [0, 0.1) is 18.6 Å². The highest BCUT2D eigenvalue weighted by molar-refractivity contribution is 6.74. The lowest BCUT2D eigenvalue weighted by Gasteiger charge is -2.40. The van der Waals surface area contributed by atoms with E-state index in [2.05, 4.69) is 26.1 Å². The molecule has 1 aliphatic heterocycles. The van der Waals surface area contributed by atoms with Gasteiger partial charge in [0.1, 0.15) is 47.0 Å². The van der Waals surface area contributed by atoms with Crippen LogP contribution < -0.4 is 14.8 Å². The molecule has 1 fully saturated rings. The van der Waals surface area contributed by atoms with Gasteiger partial charge in [-0.25, -0.2) is 8.78 Å². The minimum atomic E-state index is -2.68. The van der Waals surface area contributed by atoms with Gasteiger partial charge in [-0.2, -0.15) is 0 Å². The molecule has 1 amide bonds. The van der Waals surface area contributed by atoms with Crippen molar-refractivity contribution < 1.29 is 46.5 Å². The van der Waals surface area contributed by atoms with Crippen LogP contribution in [0.5, 0.6) is 11.5 Å². The first kappa shape index (κ1) is 42.5. The van der Waals surface area contributed by atoms with E-state index in [1.165, 1.54) is 13.1 Å². The minimum Gasteiger partial charge on any atom is -0.497 e. The van der Waals surface area contributed by atoms with Crippen LogP contribution in [0.3, 0.4) is 0 Å². The van der Waals surface area contributed by atoms with Gasteiger partial charge in [-0.05, 0) is 77.6 Å². The van der Waals surface area contributed by atoms with Crippen LogP contribution in [-0.2, 0) is 33.8 Å². The van der Waals surface area contributed by atoms with Crippen LogP contribution in [0.25, 0.3) is 0 Å². The fourth-order valence-corrected chi connectivity index (χ4v) is 7.92. The van der Waals surface area contributed by atoms with Crippen LogP contribution in [0.1, 0.15) is 67.5 Å². The van der Waals surface area contributed by atoms with Crippen LogP contribution in [0.2, 0.25) is 18.1 Å². The number of amides is 1. The van der Waals surface area contributed by atoms with Crippen molar-refractivity contribution in [2.75, 3.05) is 27.9 Å². The predicted molar refractivity (Wildman–Crippen MR) is 212 cm³/mol. The summed E-state index contributed by atoms with van der Waals surface area (Å²) in [4.78, 5) is 25.7. The highest BCUT2D eigenvalue weighted by Crippen LogP contribution is 2.47. The second kappa shape index (κ2) is 17.7. The van der Waals surface area contributed by atoms with E-state index in [4.69, 9.17) is 28.1 Å². The summed E-state index contributed by atoms with van der Waals surface area (Å²) in [6.07, 6.45) is -4.56. The van der Waals surface area contributed by atoms with Gasteiger partial charge in [-0.1, -0.05) is 75.4 Å². The Kier molecular flexibility index (Phi) is 13.4. The number of carbonyl (C=O) groups is 2. The van der Waals surface area contributed by atoms with E-state index in [1.807, 2.05) is 92.0 Å². The van der Waals surface area contributed by atoms with Gasteiger partial charge < -0.3 is 33.4 Å². The molecule has 0 aliphatic carbocycles. The molecule has 4 atom stereocenters. The number of esters is 1. The Morgan fingerprint density at radius 2 is 1.34 bits per heavy atom. The van der Waals surface area contributed by atoms with E-state index in [0.29, 0.717) is 11.5 Å². The summed E-state index contributed by atoms with van der Waals surface area (Å²) in [7, 11) is 1.99. The maximum atomic E-state index is 15.9. The third kappa shape index (κ3) is 9.15. The number of ether oxygens (including phenoxy) is 5. The number of hydrogen-bond acceptors (Lipinski definition) is 8. The summed E-state index contributed by atoms with van der Waals surface area (Å²) in [6.45, 7) is 11.7. The van der Waals surface area contributed by atoms with E-state index in [9.17, 15) is 14.0 Å². The molecule has 4 aromatic rings. The lowest BCUT2D eigenvalue weighted by molar-refractivity contribution is -0.159. The third-order valence-corrected chi connectivity index (χ3v) is 15.3. The molecule has 5 rings (SSSR count). The van der Waals surface area contributed by atoms with E-state index in [-0.39, 0.29) is 41.5 Å².